The molecule has 0 aromatic heterocycles. The highest BCUT2D eigenvalue weighted by Gasteiger charge is 2.25. The summed E-state index contributed by atoms with van der Waals surface area (Å²) < 4.78 is 5.49. The van der Waals surface area contributed by atoms with Gasteiger partial charge in [0, 0.05) is 25.7 Å². The van der Waals surface area contributed by atoms with E-state index in [2.05, 4.69) is 17.3 Å². The zero-order valence-corrected chi connectivity index (χ0v) is 11.6. The summed E-state index contributed by atoms with van der Waals surface area (Å²) >= 11 is 0. The van der Waals surface area contributed by atoms with Crippen molar-refractivity contribution in [3.05, 3.63) is 30.3 Å². The molecular weight excluding hydrogens is 240 g/mol. The van der Waals surface area contributed by atoms with Gasteiger partial charge < -0.3 is 20.1 Å². The Hall–Kier alpha value is -1.10. The second kappa shape index (κ2) is 7.48. The van der Waals surface area contributed by atoms with Gasteiger partial charge in [-0.05, 0) is 32.0 Å². The third-order valence-electron chi connectivity index (χ3n) is 3.38. The van der Waals surface area contributed by atoms with E-state index < -0.39 is 6.10 Å². The molecule has 0 heterocycles. The molecule has 0 aliphatic heterocycles. The van der Waals surface area contributed by atoms with Crippen molar-refractivity contribution < 1.29 is 9.84 Å². The number of hydrogen-bond acceptors (Lipinski definition) is 4. The molecule has 19 heavy (non-hydrogen) atoms. The largest absolute Gasteiger partial charge is 0.491 e. The number of benzene rings is 1. The minimum absolute atomic E-state index is 0.329. The van der Waals surface area contributed by atoms with Crippen molar-refractivity contribution in [3.8, 4) is 5.75 Å². The SMILES string of the molecule is CN(CCNCC(O)COc1ccccc1)C1CC1. The molecule has 2 N–H and O–H groups in total. The molecule has 1 fully saturated rings. The zero-order chi connectivity index (χ0) is 13.5. The van der Waals surface area contributed by atoms with E-state index in [1.165, 1.54) is 12.8 Å². The van der Waals surface area contributed by atoms with Gasteiger partial charge in [0.05, 0.1) is 0 Å². The second-order valence-electron chi connectivity index (χ2n) is 5.19. The number of nitrogens with zero attached hydrogens (tertiary/aromatic N) is 1. The maximum atomic E-state index is 9.80. The van der Waals surface area contributed by atoms with E-state index in [-0.39, 0.29) is 0 Å². The highest BCUT2D eigenvalue weighted by Crippen LogP contribution is 2.24. The molecule has 0 spiro atoms. The highest BCUT2D eigenvalue weighted by molar-refractivity contribution is 5.20. The van der Waals surface area contributed by atoms with E-state index in [4.69, 9.17) is 4.74 Å². The Balaban J connectivity index is 1.50. The lowest BCUT2D eigenvalue weighted by Crippen LogP contribution is -2.36. The molecule has 4 nitrogen and oxygen atoms in total. The van der Waals surface area contributed by atoms with E-state index in [0.717, 1.165) is 24.9 Å². The fourth-order valence-corrected chi connectivity index (χ4v) is 1.99. The molecular formula is C15H24N2O2. The summed E-state index contributed by atoms with van der Waals surface area (Å²) in [5, 5.41) is 13.1. The molecule has 1 aromatic carbocycles. The Morgan fingerprint density at radius 1 is 1.37 bits per heavy atom. The van der Waals surface area contributed by atoms with Crippen molar-refractivity contribution in [1.29, 1.82) is 0 Å². The molecule has 1 aromatic rings. The number of likely N-dealkylation sites (N-methyl/N-ethyl adjacent to an activating group) is 1. The summed E-state index contributed by atoms with van der Waals surface area (Å²) in [4.78, 5) is 2.37. The predicted octanol–water partition coefficient (Wildman–Crippen LogP) is 1.11. The monoisotopic (exact) mass is 264 g/mol. The zero-order valence-electron chi connectivity index (χ0n) is 11.6. The lowest BCUT2D eigenvalue weighted by Gasteiger charge is -2.17. The average molecular weight is 264 g/mol. The lowest BCUT2D eigenvalue weighted by atomic mass is 10.3. The summed E-state index contributed by atoms with van der Waals surface area (Å²) in [5.41, 5.74) is 0. The van der Waals surface area contributed by atoms with Crippen LogP contribution in [-0.4, -0.2) is 55.4 Å². The molecule has 1 unspecified atom stereocenters. The van der Waals surface area contributed by atoms with Gasteiger partial charge in [-0.3, -0.25) is 0 Å². The maximum Gasteiger partial charge on any atom is 0.119 e. The first-order valence-electron chi connectivity index (χ1n) is 7.02. The number of nitrogens with one attached hydrogen (secondary N) is 1. The number of aliphatic hydroxyl groups is 1. The van der Waals surface area contributed by atoms with Crippen LogP contribution in [0.2, 0.25) is 0 Å². The lowest BCUT2D eigenvalue weighted by molar-refractivity contribution is 0.106. The van der Waals surface area contributed by atoms with Gasteiger partial charge in [0.15, 0.2) is 0 Å². The minimum atomic E-state index is -0.466. The van der Waals surface area contributed by atoms with Gasteiger partial charge in [-0.2, -0.15) is 0 Å². The van der Waals surface area contributed by atoms with E-state index >= 15 is 0 Å². The topological polar surface area (TPSA) is 44.7 Å². The predicted molar refractivity (Wildman–Crippen MR) is 76.5 cm³/mol. The van der Waals surface area contributed by atoms with Gasteiger partial charge in [0.1, 0.15) is 18.5 Å². The number of ether oxygens (including phenoxy) is 1. The first kappa shape index (κ1) is 14.3. The third kappa shape index (κ3) is 5.59. The summed E-state index contributed by atoms with van der Waals surface area (Å²) in [7, 11) is 2.16. The summed E-state index contributed by atoms with van der Waals surface area (Å²) in [5.74, 6) is 0.801. The van der Waals surface area contributed by atoms with Gasteiger partial charge in [0.2, 0.25) is 0 Å². The van der Waals surface area contributed by atoms with Crippen LogP contribution in [0.3, 0.4) is 0 Å². The van der Waals surface area contributed by atoms with E-state index in [0.29, 0.717) is 13.2 Å². The Bertz CT molecular complexity index is 354. The number of aliphatic hydroxyl groups excluding tert-OH is 1. The Kier molecular flexibility index (Phi) is 5.63. The van der Waals surface area contributed by atoms with Crippen LogP contribution in [0.1, 0.15) is 12.8 Å². The van der Waals surface area contributed by atoms with Crippen LogP contribution in [0.15, 0.2) is 30.3 Å². The summed E-state index contributed by atoms with van der Waals surface area (Å²) in [6, 6.07) is 10.4. The Morgan fingerprint density at radius 2 is 2.11 bits per heavy atom. The van der Waals surface area contributed by atoms with Crippen LogP contribution in [0.5, 0.6) is 5.75 Å². The Morgan fingerprint density at radius 3 is 2.79 bits per heavy atom. The molecule has 1 aliphatic carbocycles. The van der Waals surface area contributed by atoms with Crippen LogP contribution < -0.4 is 10.1 Å². The fourth-order valence-electron chi connectivity index (χ4n) is 1.99. The van der Waals surface area contributed by atoms with Crippen molar-refractivity contribution in [1.82, 2.24) is 10.2 Å². The molecule has 0 amide bonds. The van der Waals surface area contributed by atoms with E-state index in [9.17, 15) is 5.11 Å². The number of hydrogen-bond donors (Lipinski definition) is 2. The standard InChI is InChI=1S/C15H24N2O2/c1-17(13-7-8-13)10-9-16-11-14(18)12-19-15-5-3-2-4-6-15/h2-6,13-14,16,18H,7-12H2,1H3. The van der Waals surface area contributed by atoms with Crippen molar-refractivity contribution in [2.75, 3.05) is 33.3 Å². The third-order valence-corrected chi connectivity index (χ3v) is 3.38. The van der Waals surface area contributed by atoms with Crippen LogP contribution in [0, 0.1) is 0 Å². The summed E-state index contributed by atoms with van der Waals surface area (Å²) in [6.45, 7) is 2.85. The molecule has 0 bridgehead atoms. The van der Waals surface area contributed by atoms with Gasteiger partial charge >= 0.3 is 0 Å². The first-order valence-corrected chi connectivity index (χ1v) is 7.02. The summed E-state index contributed by atoms with van der Waals surface area (Å²) in [6.07, 6.45) is 2.21. The van der Waals surface area contributed by atoms with Crippen LogP contribution in [-0.2, 0) is 0 Å². The molecule has 2 rings (SSSR count). The molecule has 1 saturated carbocycles. The van der Waals surface area contributed by atoms with Crippen LogP contribution in [0.4, 0.5) is 0 Å². The van der Waals surface area contributed by atoms with Crippen LogP contribution in [0.25, 0.3) is 0 Å². The first-order chi connectivity index (χ1) is 9.25. The molecule has 1 atom stereocenters. The number of rotatable bonds is 9. The molecule has 106 valence electrons. The van der Waals surface area contributed by atoms with Gasteiger partial charge in [0.25, 0.3) is 0 Å². The van der Waals surface area contributed by atoms with E-state index in [1.54, 1.807) is 0 Å². The van der Waals surface area contributed by atoms with E-state index in [1.807, 2.05) is 30.3 Å². The maximum absolute atomic E-state index is 9.80. The Labute approximate surface area is 115 Å². The van der Waals surface area contributed by atoms with Gasteiger partial charge in [-0.25, -0.2) is 0 Å². The van der Waals surface area contributed by atoms with Crippen molar-refractivity contribution >= 4 is 0 Å². The van der Waals surface area contributed by atoms with Gasteiger partial charge in [-0.1, -0.05) is 18.2 Å². The molecule has 0 radical (unpaired) electrons. The van der Waals surface area contributed by atoms with Crippen molar-refractivity contribution in [2.45, 2.75) is 25.0 Å². The fraction of sp³-hybridized carbons (Fsp3) is 0.600. The molecule has 1 aliphatic rings. The smallest absolute Gasteiger partial charge is 0.119 e. The molecule has 4 heteroatoms. The van der Waals surface area contributed by atoms with Crippen molar-refractivity contribution in [2.24, 2.45) is 0 Å². The second-order valence-corrected chi connectivity index (χ2v) is 5.19. The number of para-hydroxylation sites is 1. The quantitative estimate of drug-likeness (QED) is 0.656. The van der Waals surface area contributed by atoms with Gasteiger partial charge in [-0.15, -0.1) is 0 Å². The normalized spacial score (nSPS) is 16.6. The minimum Gasteiger partial charge on any atom is -0.491 e. The highest BCUT2D eigenvalue weighted by atomic mass is 16.5. The van der Waals surface area contributed by atoms with Crippen molar-refractivity contribution in [3.63, 3.8) is 0 Å². The van der Waals surface area contributed by atoms with Crippen LogP contribution >= 0.6 is 0 Å². The average Bonchev–Trinajstić information content (AvgIpc) is 3.27. The molecule has 0 saturated heterocycles.